The molecule has 0 aromatic heterocycles. The number of hydrogen-bond acceptors (Lipinski definition) is 4. The molecule has 4 rings (SSSR count). The Morgan fingerprint density at radius 1 is 1.00 bits per heavy atom. The normalized spacial score (nSPS) is 23.6. The number of rotatable bonds is 5. The van der Waals surface area contributed by atoms with E-state index in [2.05, 4.69) is 12.1 Å². The van der Waals surface area contributed by atoms with Crippen LogP contribution in [0, 0.1) is 5.92 Å². The van der Waals surface area contributed by atoms with E-state index < -0.39 is 11.8 Å². The molecule has 3 N–H and O–H groups in total. The van der Waals surface area contributed by atoms with Crippen LogP contribution in [0.3, 0.4) is 0 Å². The van der Waals surface area contributed by atoms with Crippen molar-refractivity contribution in [2.24, 2.45) is 11.7 Å². The Morgan fingerprint density at radius 3 is 2.41 bits per heavy atom. The van der Waals surface area contributed by atoms with Gasteiger partial charge < -0.3 is 14.6 Å². The predicted octanol–water partition coefficient (Wildman–Crippen LogP) is 4.57. The van der Waals surface area contributed by atoms with Gasteiger partial charge in [-0.2, -0.15) is 0 Å². The van der Waals surface area contributed by atoms with E-state index in [1.54, 1.807) is 7.11 Å². The third-order valence-corrected chi connectivity index (χ3v) is 5.77. The SMILES string of the molecule is COc1ccc(CCC2CC(N)(c3ccccc3)Oc3ccccc3C2O)cc1. The summed E-state index contributed by atoms with van der Waals surface area (Å²) in [6, 6.07) is 25.6. The van der Waals surface area contributed by atoms with E-state index in [0.717, 1.165) is 29.7 Å². The smallest absolute Gasteiger partial charge is 0.185 e. The highest BCUT2D eigenvalue weighted by molar-refractivity contribution is 5.39. The van der Waals surface area contributed by atoms with Gasteiger partial charge in [0.15, 0.2) is 5.72 Å². The average molecular weight is 389 g/mol. The molecule has 3 unspecified atom stereocenters. The number of methoxy groups -OCH3 is 1. The summed E-state index contributed by atoms with van der Waals surface area (Å²) < 4.78 is 11.6. The molecule has 0 saturated heterocycles. The summed E-state index contributed by atoms with van der Waals surface area (Å²) in [5.74, 6) is 1.46. The number of aryl methyl sites for hydroxylation is 1. The second-order valence-electron chi connectivity index (χ2n) is 7.69. The zero-order valence-electron chi connectivity index (χ0n) is 16.6. The Kier molecular flexibility index (Phi) is 5.56. The van der Waals surface area contributed by atoms with Crippen molar-refractivity contribution >= 4 is 0 Å². The van der Waals surface area contributed by atoms with Gasteiger partial charge in [0.1, 0.15) is 11.5 Å². The molecule has 0 fully saturated rings. The van der Waals surface area contributed by atoms with Gasteiger partial charge in [-0.05, 0) is 42.5 Å². The van der Waals surface area contributed by atoms with Crippen molar-refractivity contribution in [1.29, 1.82) is 0 Å². The lowest BCUT2D eigenvalue weighted by Gasteiger charge is -2.32. The van der Waals surface area contributed by atoms with Crippen LogP contribution in [-0.2, 0) is 12.1 Å². The van der Waals surface area contributed by atoms with Gasteiger partial charge in [0.25, 0.3) is 0 Å². The van der Waals surface area contributed by atoms with Gasteiger partial charge in [0.2, 0.25) is 0 Å². The summed E-state index contributed by atoms with van der Waals surface area (Å²) in [7, 11) is 1.67. The molecular formula is C25H27NO3. The van der Waals surface area contributed by atoms with Gasteiger partial charge in [-0.3, -0.25) is 5.73 Å². The summed E-state index contributed by atoms with van der Waals surface area (Å²) in [6.45, 7) is 0. The molecule has 1 heterocycles. The highest BCUT2D eigenvalue weighted by Crippen LogP contribution is 2.44. The fraction of sp³-hybridized carbons (Fsp3) is 0.280. The number of fused-ring (bicyclic) bond motifs is 1. The van der Waals surface area contributed by atoms with Crippen molar-refractivity contribution in [3.63, 3.8) is 0 Å². The Hall–Kier alpha value is -2.82. The molecule has 1 aliphatic rings. The van der Waals surface area contributed by atoms with Gasteiger partial charge in [-0.1, -0.05) is 60.7 Å². The first-order chi connectivity index (χ1) is 14.1. The average Bonchev–Trinajstić information content (AvgIpc) is 2.88. The molecular weight excluding hydrogens is 362 g/mol. The molecule has 4 heteroatoms. The maximum atomic E-state index is 11.2. The van der Waals surface area contributed by atoms with Crippen LogP contribution < -0.4 is 15.2 Å². The minimum Gasteiger partial charge on any atom is -0.497 e. The van der Waals surface area contributed by atoms with E-state index in [1.165, 1.54) is 5.56 Å². The maximum Gasteiger partial charge on any atom is 0.185 e. The number of benzene rings is 3. The van der Waals surface area contributed by atoms with Crippen LogP contribution in [0.25, 0.3) is 0 Å². The van der Waals surface area contributed by atoms with E-state index in [9.17, 15) is 5.11 Å². The van der Waals surface area contributed by atoms with E-state index in [0.29, 0.717) is 12.2 Å². The standard InChI is InChI=1S/C25H27NO3/c1-28-21-15-12-18(13-16-21)11-14-19-17-25(26,20-7-3-2-4-8-20)29-23-10-6-5-9-22(23)24(19)27/h2-10,12-13,15-16,19,24,27H,11,14,17,26H2,1H3. The van der Waals surface area contributed by atoms with Crippen LogP contribution in [0.15, 0.2) is 78.9 Å². The van der Waals surface area contributed by atoms with E-state index in [4.69, 9.17) is 15.2 Å². The molecule has 150 valence electrons. The zero-order chi connectivity index (χ0) is 20.3. The first-order valence-corrected chi connectivity index (χ1v) is 10.0. The Balaban J connectivity index is 1.62. The van der Waals surface area contributed by atoms with Crippen molar-refractivity contribution in [2.75, 3.05) is 7.11 Å². The molecule has 4 nitrogen and oxygen atoms in total. The Bertz CT molecular complexity index is 942. The fourth-order valence-corrected chi connectivity index (χ4v) is 4.11. The molecule has 0 saturated carbocycles. The minimum absolute atomic E-state index is 0.0362. The van der Waals surface area contributed by atoms with Crippen molar-refractivity contribution in [1.82, 2.24) is 0 Å². The Labute approximate surface area is 171 Å². The van der Waals surface area contributed by atoms with E-state index in [-0.39, 0.29) is 5.92 Å². The van der Waals surface area contributed by atoms with Gasteiger partial charge in [-0.25, -0.2) is 0 Å². The molecule has 3 aromatic carbocycles. The molecule has 0 amide bonds. The van der Waals surface area contributed by atoms with Gasteiger partial charge >= 0.3 is 0 Å². The lowest BCUT2D eigenvalue weighted by atomic mass is 9.83. The van der Waals surface area contributed by atoms with E-state index >= 15 is 0 Å². The first kappa shape index (κ1) is 19.5. The summed E-state index contributed by atoms with van der Waals surface area (Å²) in [4.78, 5) is 0. The first-order valence-electron chi connectivity index (χ1n) is 10.0. The molecule has 0 aliphatic carbocycles. The zero-order valence-corrected chi connectivity index (χ0v) is 16.6. The fourth-order valence-electron chi connectivity index (χ4n) is 4.11. The monoisotopic (exact) mass is 389 g/mol. The van der Waals surface area contributed by atoms with Crippen molar-refractivity contribution in [2.45, 2.75) is 31.1 Å². The lowest BCUT2D eigenvalue weighted by molar-refractivity contribution is 0.0260. The summed E-state index contributed by atoms with van der Waals surface area (Å²) in [5.41, 5.74) is 8.74. The Morgan fingerprint density at radius 2 is 1.69 bits per heavy atom. The summed E-state index contributed by atoms with van der Waals surface area (Å²) in [5, 5.41) is 11.2. The highest BCUT2D eigenvalue weighted by atomic mass is 16.5. The van der Waals surface area contributed by atoms with Crippen molar-refractivity contribution in [3.8, 4) is 11.5 Å². The van der Waals surface area contributed by atoms with Crippen LogP contribution >= 0.6 is 0 Å². The van der Waals surface area contributed by atoms with Crippen LogP contribution in [0.4, 0.5) is 0 Å². The lowest BCUT2D eigenvalue weighted by Crippen LogP contribution is -2.44. The quantitative estimate of drug-likeness (QED) is 0.671. The third-order valence-electron chi connectivity index (χ3n) is 5.77. The van der Waals surface area contributed by atoms with Gasteiger partial charge in [0, 0.05) is 17.5 Å². The molecule has 0 bridgehead atoms. The summed E-state index contributed by atoms with van der Waals surface area (Å²) >= 11 is 0. The summed E-state index contributed by atoms with van der Waals surface area (Å²) in [6.07, 6.45) is 1.55. The number of aliphatic hydroxyl groups excluding tert-OH is 1. The third kappa shape index (κ3) is 4.14. The van der Waals surface area contributed by atoms with Crippen LogP contribution in [0.2, 0.25) is 0 Å². The highest BCUT2D eigenvalue weighted by Gasteiger charge is 2.40. The van der Waals surface area contributed by atoms with Crippen molar-refractivity contribution < 1.29 is 14.6 Å². The number of ether oxygens (including phenoxy) is 2. The second-order valence-corrected chi connectivity index (χ2v) is 7.69. The number of para-hydroxylation sites is 1. The minimum atomic E-state index is -0.987. The molecule has 1 aliphatic heterocycles. The molecule has 3 atom stereocenters. The topological polar surface area (TPSA) is 64.7 Å². The largest absolute Gasteiger partial charge is 0.497 e. The van der Waals surface area contributed by atoms with Gasteiger partial charge in [-0.15, -0.1) is 0 Å². The van der Waals surface area contributed by atoms with Gasteiger partial charge in [0.05, 0.1) is 13.2 Å². The molecule has 29 heavy (non-hydrogen) atoms. The molecule has 0 spiro atoms. The van der Waals surface area contributed by atoms with Crippen LogP contribution in [0.5, 0.6) is 11.5 Å². The second kappa shape index (κ2) is 8.27. The number of nitrogens with two attached hydrogens (primary N) is 1. The maximum absolute atomic E-state index is 11.2. The van der Waals surface area contributed by atoms with Crippen molar-refractivity contribution in [3.05, 3.63) is 95.6 Å². The van der Waals surface area contributed by atoms with E-state index in [1.807, 2.05) is 66.7 Å². The molecule has 3 aromatic rings. The number of aliphatic hydroxyl groups is 1. The van der Waals surface area contributed by atoms with Crippen LogP contribution in [0.1, 0.15) is 35.6 Å². The van der Waals surface area contributed by atoms with Crippen LogP contribution in [-0.4, -0.2) is 12.2 Å². The molecule has 0 radical (unpaired) electrons. The number of hydrogen-bond donors (Lipinski definition) is 2. The predicted molar refractivity (Wildman–Crippen MR) is 114 cm³/mol.